The van der Waals surface area contributed by atoms with Crippen molar-refractivity contribution in [2.24, 2.45) is 0 Å². The van der Waals surface area contributed by atoms with Crippen molar-refractivity contribution in [3.63, 3.8) is 0 Å². The minimum absolute atomic E-state index is 0.0393. The van der Waals surface area contributed by atoms with Gasteiger partial charge in [0.2, 0.25) is 0 Å². The molecule has 0 heterocycles. The first kappa shape index (κ1) is 17.2. The predicted molar refractivity (Wildman–Crippen MR) is 93.3 cm³/mol. The van der Waals surface area contributed by atoms with Crippen LogP contribution in [0.5, 0.6) is 11.5 Å². The van der Waals surface area contributed by atoms with Gasteiger partial charge in [0.05, 0.1) is 24.4 Å². The van der Waals surface area contributed by atoms with Gasteiger partial charge in [0.1, 0.15) is 0 Å². The molecule has 0 atom stereocenters. The Morgan fingerprint density at radius 2 is 2.04 bits per heavy atom. The lowest BCUT2D eigenvalue weighted by atomic mass is 10.1. The van der Waals surface area contributed by atoms with Crippen molar-refractivity contribution in [2.45, 2.75) is 19.6 Å². The van der Waals surface area contributed by atoms with Crippen LogP contribution in [0.1, 0.15) is 16.7 Å². The largest absolute Gasteiger partial charge is 0.504 e. The Morgan fingerprint density at radius 3 is 2.70 bits per heavy atom. The fourth-order valence-electron chi connectivity index (χ4n) is 2.30. The summed E-state index contributed by atoms with van der Waals surface area (Å²) in [5.74, 6) is 0.563. The van der Waals surface area contributed by atoms with Gasteiger partial charge in [-0.1, -0.05) is 23.7 Å². The molecule has 0 aliphatic carbocycles. The quantitative estimate of drug-likeness (QED) is 0.673. The molecule has 2 rings (SSSR count). The van der Waals surface area contributed by atoms with E-state index < -0.39 is 0 Å². The molecule has 0 aliphatic heterocycles. The molecule has 0 aromatic heterocycles. The lowest BCUT2D eigenvalue weighted by Gasteiger charge is -2.14. The fourth-order valence-corrected chi connectivity index (χ4v) is 2.49. The van der Waals surface area contributed by atoms with Gasteiger partial charge in [-0.15, -0.1) is 6.58 Å². The second-order valence-corrected chi connectivity index (χ2v) is 5.53. The summed E-state index contributed by atoms with van der Waals surface area (Å²) < 4.78 is 5.21. The van der Waals surface area contributed by atoms with Crippen molar-refractivity contribution in [3.8, 4) is 11.5 Å². The van der Waals surface area contributed by atoms with Crippen LogP contribution in [0.4, 0.5) is 5.69 Å². The van der Waals surface area contributed by atoms with Crippen LogP contribution in [0, 0.1) is 0 Å². The van der Waals surface area contributed by atoms with E-state index >= 15 is 0 Å². The number of aliphatic hydroxyl groups is 1. The third-order valence-electron chi connectivity index (χ3n) is 3.49. The van der Waals surface area contributed by atoms with Gasteiger partial charge in [-0.3, -0.25) is 0 Å². The lowest BCUT2D eigenvalue weighted by molar-refractivity contribution is 0.282. The minimum Gasteiger partial charge on any atom is -0.504 e. The van der Waals surface area contributed by atoms with Crippen molar-refractivity contribution in [1.82, 2.24) is 0 Å². The normalized spacial score (nSPS) is 10.4. The summed E-state index contributed by atoms with van der Waals surface area (Å²) in [5.41, 5.74) is 3.23. The molecule has 0 unspecified atom stereocenters. The smallest absolute Gasteiger partial charge is 0.161 e. The third-order valence-corrected chi connectivity index (χ3v) is 3.82. The lowest BCUT2D eigenvalue weighted by Crippen LogP contribution is -2.02. The first-order valence-corrected chi connectivity index (χ1v) is 7.59. The number of benzene rings is 2. The Balaban J connectivity index is 2.23. The molecule has 5 heteroatoms. The number of halogens is 1. The first-order valence-electron chi connectivity index (χ1n) is 7.21. The Labute approximate surface area is 141 Å². The van der Waals surface area contributed by atoms with Crippen LogP contribution in [-0.2, 0) is 19.6 Å². The number of nitrogens with one attached hydrogen (secondary N) is 1. The second-order valence-electron chi connectivity index (χ2n) is 5.12. The van der Waals surface area contributed by atoms with E-state index in [1.54, 1.807) is 24.3 Å². The monoisotopic (exact) mass is 333 g/mol. The number of ether oxygens (including phenoxy) is 1. The molecule has 4 nitrogen and oxygen atoms in total. The molecule has 0 saturated heterocycles. The van der Waals surface area contributed by atoms with Crippen molar-refractivity contribution in [2.75, 3.05) is 12.4 Å². The number of hydrogen-bond acceptors (Lipinski definition) is 4. The maximum Gasteiger partial charge on any atom is 0.161 e. The van der Waals surface area contributed by atoms with Crippen molar-refractivity contribution in [1.29, 1.82) is 0 Å². The summed E-state index contributed by atoms with van der Waals surface area (Å²) in [5, 5.41) is 23.1. The van der Waals surface area contributed by atoms with Crippen LogP contribution in [0.3, 0.4) is 0 Å². The Hall–Kier alpha value is -2.17. The van der Waals surface area contributed by atoms with E-state index in [9.17, 15) is 10.2 Å². The molecule has 2 aromatic carbocycles. The Morgan fingerprint density at radius 1 is 1.26 bits per heavy atom. The van der Waals surface area contributed by atoms with Gasteiger partial charge < -0.3 is 20.3 Å². The van der Waals surface area contributed by atoms with E-state index in [0.29, 0.717) is 23.7 Å². The van der Waals surface area contributed by atoms with E-state index in [-0.39, 0.29) is 12.4 Å². The Kier molecular flexibility index (Phi) is 5.90. The summed E-state index contributed by atoms with van der Waals surface area (Å²) in [6.07, 6.45) is 2.28. The van der Waals surface area contributed by atoms with Gasteiger partial charge in [-0.05, 0) is 41.8 Å². The van der Waals surface area contributed by atoms with E-state index in [2.05, 4.69) is 11.9 Å². The highest BCUT2D eigenvalue weighted by atomic mass is 35.5. The van der Waals surface area contributed by atoms with Gasteiger partial charge in [-0.25, -0.2) is 0 Å². The number of rotatable bonds is 7. The molecule has 122 valence electrons. The molecular weight excluding hydrogens is 314 g/mol. The number of anilines is 1. The van der Waals surface area contributed by atoms with E-state index in [1.807, 2.05) is 12.1 Å². The van der Waals surface area contributed by atoms with Crippen LogP contribution in [-0.4, -0.2) is 17.3 Å². The molecule has 3 N–H and O–H groups in total. The van der Waals surface area contributed by atoms with E-state index in [0.717, 1.165) is 22.4 Å². The molecule has 0 fully saturated rings. The van der Waals surface area contributed by atoms with Crippen LogP contribution in [0.2, 0.25) is 5.02 Å². The van der Waals surface area contributed by atoms with Gasteiger partial charge in [0.15, 0.2) is 11.5 Å². The minimum atomic E-state index is -0.0393. The zero-order chi connectivity index (χ0) is 16.8. The number of hydrogen-bond donors (Lipinski definition) is 3. The van der Waals surface area contributed by atoms with Crippen molar-refractivity contribution in [3.05, 3.63) is 64.7 Å². The summed E-state index contributed by atoms with van der Waals surface area (Å²) in [4.78, 5) is 0. The predicted octanol–water partition coefficient (Wildman–Crippen LogP) is 3.89. The highest BCUT2D eigenvalue weighted by Crippen LogP contribution is 2.32. The third kappa shape index (κ3) is 4.18. The second kappa shape index (κ2) is 7.90. The Bertz CT molecular complexity index is 701. The molecule has 0 saturated carbocycles. The first-order chi connectivity index (χ1) is 11.1. The van der Waals surface area contributed by atoms with Crippen LogP contribution >= 0.6 is 11.6 Å². The summed E-state index contributed by atoms with van der Waals surface area (Å²) in [6, 6.07) is 9.01. The summed E-state index contributed by atoms with van der Waals surface area (Å²) in [7, 11) is 1.52. The topological polar surface area (TPSA) is 61.7 Å². The standard InChI is InChI=1S/C18H20ClNO3/c1-3-4-14-7-13(9-17(23-2)18(14)22)10-20-16-8-12(11-21)5-6-15(16)19/h3,5-9,20-22H,1,4,10-11H2,2H3. The highest BCUT2D eigenvalue weighted by molar-refractivity contribution is 6.33. The van der Waals surface area contributed by atoms with E-state index in [1.165, 1.54) is 7.11 Å². The molecule has 0 aliphatic rings. The number of aromatic hydroxyl groups is 1. The average Bonchev–Trinajstić information content (AvgIpc) is 2.56. The molecule has 0 bridgehead atoms. The zero-order valence-corrected chi connectivity index (χ0v) is 13.7. The van der Waals surface area contributed by atoms with Gasteiger partial charge in [0.25, 0.3) is 0 Å². The maximum atomic E-state index is 10.1. The number of phenols is 1. The highest BCUT2D eigenvalue weighted by Gasteiger charge is 2.10. The summed E-state index contributed by atoms with van der Waals surface area (Å²) >= 11 is 6.16. The van der Waals surface area contributed by atoms with Crippen LogP contribution < -0.4 is 10.1 Å². The number of aliphatic hydroxyl groups excluding tert-OH is 1. The number of allylic oxidation sites excluding steroid dienone is 1. The maximum absolute atomic E-state index is 10.1. The number of methoxy groups -OCH3 is 1. The molecule has 23 heavy (non-hydrogen) atoms. The molecule has 0 spiro atoms. The summed E-state index contributed by atoms with van der Waals surface area (Å²) in [6.45, 7) is 4.17. The molecule has 0 radical (unpaired) electrons. The van der Waals surface area contributed by atoms with Gasteiger partial charge in [0, 0.05) is 12.1 Å². The van der Waals surface area contributed by atoms with Crippen molar-refractivity contribution < 1.29 is 14.9 Å². The number of phenolic OH excluding ortho intramolecular Hbond substituents is 1. The SMILES string of the molecule is C=CCc1cc(CNc2cc(CO)ccc2Cl)cc(OC)c1O. The van der Waals surface area contributed by atoms with Crippen molar-refractivity contribution >= 4 is 17.3 Å². The van der Waals surface area contributed by atoms with Gasteiger partial charge in [-0.2, -0.15) is 0 Å². The van der Waals surface area contributed by atoms with Crippen LogP contribution in [0.15, 0.2) is 43.0 Å². The molecule has 2 aromatic rings. The van der Waals surface area contributed by atoms with E-state index in [4.69, 9.17) is 16.3 Å². The molecule has 0 amide bonds. The van der Waals surface area contributed by atoms with Gasteiger partial charge >= 0.3 is 0 Å². The zero-order valence-electron chi connectivity index (χ0n) is 13.0. The average molecular weight is 334 g/mol. The fraction of sp³-hybridized carbons (Fsp3) is 0.222. The van der Waals surface area contributed by atoms with Crippen LogP contribution in [0.25, 0.3) is 0 Å². The molecular formula is C18H20ClNO3.